The first kappa shape index (κ1) is 24.2. The maximum Gasteiger partial charge on any atom is 0.249 e. The molecule has 0 aromatic heterocycles. The Morgan fingerprint density at radius 1 is 1.15 bits per heavy atom. The standard InChI is InChI=1S/C20H31N3O2.2ClH/c1-15-4-2-3-11-23(15)14-17-7-5-16(6-8-17)13-22-20(24)19-10-9-18(12-21)25-19;;/h5-8,15,18-19H,2-4,9-14,21H2,1H3,(H,22,24);2*1H/t15?,18-,19+;;/m1../s1. The van der Waals surface area contributed by atoms with Gasteiger partial charge in [-0.05, 0) is 50.3 Å². The van der Waals surface area contributed by atoms with Gasteiger partial charge in [0.1, 0.15) is 6.10 Å². The average molecular weight is 418 g/mol. The van der Waals surface area contributed by atoms with Crippen molar-refractivity contribution in [2.24, 2.45) is 5.73 Å². The van der Waals surface area contributed by atoms with E-state index in [0.29, 0.717) is 19.1 Å². The Morgan fingerprint density at radius 3 is 2.48 bits per heavy atom. The van der Waals surface area contributed by atoms with Crippen molar-refractivity contribution in [1.82, 2.24) is 10.2 Å². The average Bonchev–Trinajstić information content (AvgIpc) is 3.12. The number of likely N-dealkylation sites (tertiary alicyclic amines) is 1. The molecule has 3 N–H and O–H groups in total. The monoisotopic (exact) mass is 417 g/mol. The van der Waals surface area contributed by atoms with Crippen molar-refractivity contribution in [3.05, 3.63) is 35.4 Å². The number of piperidine rings is 1. The van der Waals surface area contributed by atoms with Crippen LogP contribution in [0.15, 0.2) is 24.3 Å². The van der Waals surface area contributed by atoms with Crippen molar-refractivity contribution in [2.45, 2.75) is 70.4 Å². The second-order valence-electron chi connectivity index (χ2n) is 7.41. The van der Waals surface area contributed by atoms with Gasteiger partial charge in [-0.1, -0.05) is 30.7 Å². The Morgan fingerprint density at radius 2 is 1.85 bits per heavy atom. The van der Waals surface area contributed by atoms with E-state index in [2.05, 4.69) is 41.4 Å². The Labute approximate surface area is 175 Å². The van der Waals surface area contributed by atoms with Gasteiger partial charge in [0.25, 0.3) is 0 Å². The van der Waals surface area contributed by atoms with Gasteiger partial charge in [-0.25, -0.2) is 0 Å². The summed E-state index contributed by atoms with van der Waals surface area (Å²) in [6.07, 6.45) is 5.30. The van der Waals surface area contributed by atoms with Crippen LogP contribution in [0.3, 0.4) is 0 Å². The lowest BCUT2D eigenvalue weighted by molar-refractivity contribution is -0.132. The van der Waals surface area contributed by atoms with Crippen LogP contribution >= 0.6 is 24.8 Å². The molecule has 3 atom stereocenters. The number of nitrogens with two attached hydrogens (primary N) is 1. The summed E-state index contributed by atoms with van der Waals surface area (Å²) in [5.74, 6) is -0.0258. The fourth-order valence-electron chi connectivity index (χ4n) is 3.76. The molecule has 0 bridgehead atoms. The van der Waals surface area contributed by atoms with Crippen molar-refractivity contribution >= 4 is 30.7 Å². The van der Waals surface area contributed by atoms with E-state index in [1.807, 2.05) is 0 Å². The van der Waals surface area contributed by atoms with Crippen LogP contribution in [-0.4, -0.2) is 42.1 Å². The van der Waals surface area contributed by atoms with E-state index in [9.17, 15) is 4.79 Å². The molecule has 7 heteroatoms. The summed E-state index contributed by atoms with van der Waals surface area (Å²) >= 11 is 0. The Balaban J connectivity index is 0.00000182. The van der Waals surface area contributed by atoms with Crippen LogP contribution in [0.1, 0.15) is 50.2 Å². The number of nitrogens with zero attached hydrogens (tertiary/aromatic N) is 1. The zero-order valence-corrected chi connectivity index (χ0v) is 17.7. The molecule has 2 aliphatic heterocycles. The maximum atomic E-state index is 12.2. The van der Waals surface area contributed by atoms with E-state index in [4.69, 9.17) is 10.5 Å². The summed E-state index contributed by atoms with van der Waals surface area (Å²) in [4.78, 5) is 14.7. The molecule has 1 aromatic rings. The largest absolute Gasteiger partial charge is 0.364 e. The van der Waals surface area contributed by atoms with Crippen molar-refractivity contribution in [3.8, 4) is 0 Å². The number of benzene rings is 1. The molecule has 2 saturated heterocycles. The molecule has 1 amide bonds. The summed E-state index contributed by atoms with van der Waals surface area (Å²) in [7, 11) is 0. The van der Waals surface area contributed by atoms with Gasteiger partial charge in [0.05, 0.1) is 6.10 Å². The van der Waals surface area contributed by atoms with Crippen LogP contribution in [-0.2, 0) is 22.6 Å². The van der Waals surface area contributed by atoms with Gasteiger partial charge in [0.15, 0.2) is 0 Å². The first-order valence-corrected chi connectivity index (χ1v) is 9.61. The lowest BCUT2D eigenvalue weighted by Gasteiger charge is -2.33. The summed E-state index contributed by atoms with van der Waals surface area (Å²) in [6.45, 7) is 5.57. The molecular weight excluding hydrogens is 385 g/mol. The number of carbonyl (C=O) groups excluding carboxylic acids is 1. The van der Waals surface area contributed by atoms with Gasteiger partial charge < -0.3 is 15.8 Å². The number of ether oxygens (including phenoxy) is 1. The molecule has 1 unspecified atom stereocenters. The van der Waals surface area contributed by atoms with Crippen LogP contribution in [0.4, 0.5) is 0 Å². The number of carbonyl (C=O) groups is 1. The minimum Gasteiger partial charge on any atom is -0.364 e. The molecule has 1 aromatic carbocycles. The molecule has 0 spiro atoms. The molecule has 2 heterocycles. The molecule has 0 aliphatic carbocycles. The minimum atomic E-state index is -0.339. The molecule has 27 heavy (non-hydrogen) atoms. The van der Waals surface area contributed by atoms with E-state index >= 15 is 0 Å². The lowest BCUT2D eigenvalue weighted by Crippen LogP contribution is -2.36. The second kappa shape index (κ2) is 11.9. The van der Waals surface area contributed by atoms with Gasteiger partial charge in [0.2, 0.25) is 5.91 Å². The number of hydrogen-bond donors (Lipinski definition) is 2. The van der Waals surface area contributed by atoms with Crippen LogP contribution in [0.25, 0.3) is 0 Å². The molecule has 2 aliphatic rings. The predicted octanol–water partition coefficient (Wildman–Crippen LogP) is 3.03. The highest BCUT2D eigenvalue weighted by molar-refractivity contribution is 5.85. The second-order valence-corrected chi connectivity index (χ2v) is 7.41. The predicted molar refractivity (Wildman–Crippen MR) is 113 cm³/mol. The summed E-state index contributed by atoms with van der Waals surface area (Å²) < 4.78 is 5.63. The number of rotatable bonds is 6. The molecule has 0 saturated carbocycles. The van der Waals surface area contributed by atoms with Crippen LogP contribution < -0.4 is 11.1 Å². The van der Waals surface area contributed by atoms with E-state index < -0.39 is 0 Å². The highest BCUT2D eigenvalue weighted by Gasteiger charge is 2.29. The molecule has 154 valence electrons. The highest BCUT2D eigenvalue weighted by Crippen LogP contribution is 2.20. The van der Waals surface area contributed by atoms with Crippen molar-refractivity contribution in [3.63, 3.8) is 0 Å². The first-order chi connectivity index (χ1) is 12.2. The molecule has 5 nitrogen and oxygen atoms in total. The van der Waals surface area contributed by atoms with Crippen LogP contribution in [0.2, 0.25) is 0 Å². The first-order valence-electron chi connectivity index (χ1n) is 9.61. The minimum absolute atomic E-state index is 0. The Kier molecular flexibility index (Phi) is 10.6. The summed E-state index contributed by atoms with van der Waals surface area (Å²) in [5.41, 5.74) is 8.05. The number of amides is 1. The van der Waals surface area contributed by atoms with Crippen LogP contribution in [0.5, 0.6) is 0 Å². The third kappa shape index (κ3) is 6.91. The number of halogens is 2. The van der Waals surface area contributed by atoms with E-state index in [1.54, 1.807) is 0 Å². The summed E-state index contributed by atoms with van der Waals surface area (Å²) in [6, 6.07) is 9.26. The van der Waals surface area contributed by atoms with Gasteiger partial charge in [-0.2, -0.15) is 0 Å². The molecule has 3 rings (SSSR count). The van der Waals surface area contributed by atoms with E-state index in [1.165, 1.54) is 31.4 Å². The SMILES string of the molecule is CC1CCCCN1Cc1ccc(CNC(=O)[C@@H]2CC[C@H](CN)O2)cc1.Cl.Cl. The highest BCUT2D eigenvalue weighted by atomic mass is 35.5. The maximum absolute atomic E-state index is 12.2. The zero-order chi connectivity index (χ0) is 17.6. The summed E-state index contributed by atoms with van der Waals surface area (Å²) in [5, 5.41) is 2.98. The van der Waals surface area contributed by atoms with Gasteiger partial charge in [0, 0.05) is 25.7 Å². The topological polar surface area (TPSA) is 67.6 Å². The number of nitrogens with one attached hydrogen (secondary N) is 1. The third-order valence-electron chi connectivity index (χ3n) is 5.48. The third-order valence-corrected chi connectivity index (χ3v) is 5.48. The van der Waals surface area contributed by atoms with Crippen molar-refractivity contribution < 1.29 is 9.53 Å². The normalized spacial score (nSPS) is 25.3. The Hall–Kier alpha value is -0.850. The molecule has 0 radical (unpaired) electrons. The molecule has 2 fully saturated rings. The van der Waals surface area contributed by atoms with Gasteiger partial charge in [-0.3, -0.25) is 9.69 Å². The number of hydrogen-bond acceptors (Lipinski definition) is 4. The fourth-order valence-corrected chi connectivity index (χ4v) is 3.76. The van der Waals surface area contributed by atoms with Gasteiger partial charge in [-0.15, -0.1) is 24.8 Å². The zero-order valence-electron chi connectivity index (χ0n) is 16.1. The fraction of sp³-hybridized carbons (Fsp3) is 0.650. The van der Waals surface area contributed by atoms with Gasteiger partial charge >= 0.3 is 0 Å². The quantitative estimate of drug-likeness (QED) is 0.745. The smallest absolute Gasteiger partial charge is 0.249 e. The van der Waals surface area contributed by atoms with Crippen molar-refractivity contribution in [2.75, 3.05) is 13.1 Å². The van der Waals surface area contributed by atoms with Crippen LogP contribution in [0, 0.1) is 0 Å². The van der Waals surface area contributed by atoms with E-state index in [0.717, 1.165) is 24.9 Å². The molecular formula is C20H33Cl2N3O2. The van der Waals surface area contributed by atoms with Crippen molar-refractivity contribution in [1.29, 1.82) is 0 Å². The van der Waals surface area contributed by atoms with E-state index in [-0.39, 0.29) is 42.9 Å². The lowest BCUT2D eigenvalue weighted by atomic mass is 10.0. The Bertz CT molecular complexity index is 571.